The summed E-state index contributed by atoms with van der Waals surface area (Å²) in [7, 11) is 0. The van der Waals surface area contributed by atoms with Gasteiger partial charge in [0.1, 0.15) is 0 Å². The number of aromatic nitrogens is 2. The van der Waals surface area contributed by atoms with Crippen molar-refractivity contribution in [1.29, 1.82) is 0 Å². The van der Waals surface area contributed by atoms with Gasteiger partial charge in [-0.15, -0.1) is 0 Å². The summed E-state index contributed by atoms with van der Waals surface area (Å²) in [5.74, 6) is 0. The van der Waals surface area contributed by atoms with Crippen LogP contribution in [0.15, 0.2) is 36.4 Å². The topological polar surface area (TPSA) is 25.8 Å². The molecule has 2 aromatic carbocycles. The second-order valence-corrected chi connectivity index (χ2v) is 6.18. The molecule has 0 aliphatic heterocycles. The van der Waals surface area contributed by atoms with Crippen LogP contribution in [0.5, 0.6) is 0 Å². The quantitative estimate of drug-likeness (QED) is 0.417. The van der Waals surface area contributed by atoms with Crippen LogP contribution in [-0.4, -0.2) is 9.97 Å². The van der Waals surface area contributed by atoms with Crippen LogP contribution in [0.4, 0.5) is 0 Å². The third kappa shape index (κ3) is 1.80. The van der Waals surface area contributed by atoms with Crippen LogP contribution in [0.3, 0.4) is 0 Å². The van der Waals surface area contributed by atoms with Crippen molar-refractivity contribution in [3.05, 3.63) is 58.9 Å². The number of hydrogen-bond donors (Lipinski definition) is 0. The zero-order valence-corrected chi connectivity index (χ0v) is 13.4. The first-order valence-electron chi connectivity index (χ1n) is 7.62. The fourth-order valence-corrected chi connectivity index (χ4v) is 3.61. The average Bonchev–Trinajstić information content (AvgIpc) is 2.45. The van der Waals surface area contributed by atoms with E-state index in [4.69, 9.17) is 0 Å². The molecule has 2 aromatic heterocycles. The summed E-state index contributed by atoms with van der Waals surface area (Å²) in [5, 5.41) is 5.04. The molecule has 0 unspecified atom stereocenters. The van der Waals surface area contributed by atoms with E-state index in [1.54, 1.807) is 0 Å². The van der Waals surface area contributed by atoms with E-state index in [1.807, 2.05) is 13.8 Å². The first kappa shape index (κ1) is 13.2. The van der Waals surface area contributed by atoms with Gasteiger partial charge in [-0.2, -0.15) is 0 Å². The second kappa shape index (κ2) is 4.51. The van der Waals surface area contributed by atoms with Gasteiger partial charge in [0.15, 0.2) is 0 Å². The highest BCUT2D eigenvalue weighted by Crippen LogP contribution is 2.33. The number of aryl methyl sites for hydroxylation is 4. The Morgan fingerprint density at radius 1 is 0.591 bits per heavy atom. The fourth-order valence-electron chi connectivity index (χ4n) is 3.61. The molecule has 4 rings (SSSR count). The van der Waals surface area contributed by atoms with Gasteiger partial charge in [0.2, 0.25) is 0 Å². The summed E-state index contributed by atoms with van der Waals surface area (Å²) in [6.07, 6.45) is 0. The molecule has 0 amide bonds. The highest BCUT2D eigenvalue weighted by molar-refractivity contribution is 6.17. The van der Waals surface area contributed by atoms with Crippen LogP contribution >= 0.6 is 0 Å². The normalized spacial score (nSPS) is 11.6. The largest absolute Gasteiger partial charge is 0.253 e. The van der Waals surface area contributed by atoms with Crippen LogP contribution in [-0.2, 0) is 0 Å². The lowest BCUT2D eigenvalue weighted by atomic mass is 9.96. The van der Waals surface area contributed by atoms with Gasteiger partial charge in [0.05, 0.1) is 11.0 Å². The van der Waals surface area contributed by atoms with Gasteiger partial charge in [-0.25, -0.2) is 0 Å². The van der Waals surface area contributed by atoms with Gasteiger partial charge in [-0.3, -0.25) is 9.97 Å². The van der Waals surface area contributed by atoms with E-state index in [0.29, 0.717) is 0 Å². The Hall–Kier alpha value is -2.48. The van der Waals surface area contributed by atoms with Crippen molar-refractivity contribution in [3.8, 4) is 0 Å². The molecule has 0 saturated carbocycles. The molecular formula is C20H18N2. The Bertz CT molecular complexity index is 975. The van der Waals surface area contributed by atoms with Crippen molar-refractivity contribution in [1.82, 2.24) is 9.97 Å². The minimum absolute atomic E-state index is 1.07. The van der Waals surface area contributed by atoms with Gasteiger partial charge >= 0.3 is 0 Å². The molecule has 0 spiro atoms. The number of hydrogen-bond acceptors (Lipinski definition) is 2. The third-order valence-corrected chi connectivity index (χ3v) is 4.39. The summed E-state index contributed by atoms with van der Waals surface area (Å²) in [5.41, 5.74) is 6.84. The summed E-state index contributed by atoms with van der Waals surface area (Å²) >= 11 is 0. The first-order chi connectivity index (χ1) is 10.5. The van der Waals surface area contributed by atoms with E-state index in [-0.39, 0.29) is 0 Å². The number of rotatable bonds is 0. The number of benzene rings is 2. The Morgan fingerprint density at radius 2 is 1.00 bits per heavy atom. The zero-order valence-electron chi connectivity index (χ0n) is 13.4. The molecule has 2 heteroatoms. The van der Waals surface area contributed by atoms with Crippen LogP contribution in [0.25, 0.3) is 32.6 Å². The van der Waals surface area contributed by atoms with Crippen LogP contribution in [0, 0.1) is 27.7 Å². The van der Waals surface area contributed by atoms with E-state index in [0.717, 1.165) is 22.4 Å². The second-order valence-electron chi connectivity index (χ2n) is 6.18. The van der Waals surface area contributed by atoms with Gasteiger partial charge < -0.3 is 0 Å². The maximum Gasteiger partial charge on any atom is 0.0714 e. The Balaban J connectivity index is 2.27. The van der Waals surface area contributed by atoms with Crippen molar-refractivity contribution < 1.29 is 0 Å². The van der Waals surface area contributed by atoms with Crippen molar-refractivity contribution in [2.24, 2.45) is 0 Å². The number of nitrogens with zero attached hydrogens (tertiary/aromatic N) is 2. The van der Waals surface area contributed by atoms with Crippen molar-refractivity contribution in [2.75, 3.05) is 0 Å². The molecule has 4 aromatic rings. The number of fused-ring (bicyclic) bond motifs is 5. The summed E-state index contributed by atoms with van der Waals surface area (Å²) < 4.78 is 0. The Morgan fingerprint density at radius 3 is 1.41 bits per heavy atom. The lowest BCUT2D eigenvalue weighted by Gasteiger charge is -2.11. The molecule has 0 atom stereocenters. The van der Waals surface area contributed by atoms with Gasteiger partial charge in [-0.05, 0) is 73.9 Å². The Labute approximate surface area is 129 Å². The molecule has 2 heterocycles. The first-order valence-corrected chi connectivity index (χ1v) is 7.62. The Kier molecular flexibility index (Phi) is 2.70. The van der Waals surface area contributed by atoms with Crippen molar-refractivity contribution in [2.45, 2.75) is 27.7 Å². The van der Waals surface area contributed by atoms with Gasteiger partial charge in [0, 0.05) is 22.2 Å². The molecular weight excluding hydrogens is 268 g/mol. The van der Waals surface area contributed by atoms with E-state index >= 15 is 0 Å². The van der Waals surface area contributed by atoms with Gasteiger partial charge in [-0.1, -0.05) is 12.1 Å². The molecule has 0 N–H and O–H groups in total. The summed E-state index contributed by atoms with van der Waals surface area (Å²) in [6.45, 7) is 8.43. The molecule has 0 aliphatic rings. The lowest BCUT2D eigenvalue weighted by Crippen LogP contribution is -1.92. The van der Waals surface area contributed by atoms with Crippen LogP contribution in [0.1, 0.15) is 22.5 Å². The van der Waals surface area contributed by atoms with E-state index in [1.165, 1.54) is 32.7 Å². The van der Waals surface area contributed by atoms with E-state index in [9.17, 15) is 0 Å². The molecule has 0 bridgehead atoms. The maximum absolute atomic E-state index is 4.69. The minimum Gasteiger partial charge on any atom is -0.253 e. The maximum atomic E-state index is 4.69. The molecule has 0 aliphatic carbocycles. The molecule has 0 saturated heterocycles. The zero-order chi connectivity index (χ0) is 15.4. The molecule has 108 valence electrons. The highest BCUT2D eigenvalue weighted by atomic mass is 14.7. The molecule has 0 radical (unpaired) electrons. The van der Waals surface area contributed by atoms with E-state index < -0.39 is 0 Å². The monoisotopic (exact) mass is 286 g/mol. The SMILES string of the molecule is Cc1cc(C)c2c(ccc3c2ccc2nc(C)cc(C)c23)n1. The molecule has 0 fully saturated rings. The molecule has 22 heavy (non-hydrogen) atoms. The molecule has 2 nitrogen and oxygen atoms in total. The average molecular weight is 286 g/mol. The lowest BCUT2D eigenvalue weighted by molar-refractivity contribution is 1.23. The predicted octanol–water partition coefficient (Wildman–Crippen LogP) is 5.17. The predicted molar refractivity (Wildman–Crippen MR) is 93.5 cm³/mol. The minimum atomic E-state index is 1.07. The van der Waals surface area contributed by atoms with Crippen molar-refractivity contribution >= 4 is 32.6 Å². The summed E-state index contributed by atoms with van der Waals surface area (Å²) in [4.78, 5) is 9.38. The third-order valence-electron chi connectivity index (χ3n) is 4.39. The number of pyridine rings is 2. The highest BCUT2D eigenvalue weighted by Gasteiger charge is 2.10. The summed E-state index contributed by atoms with van der Waals surface area (Å²) in [6, 6.07) is 13.0. The van der Waals surface area contributed by atoms with Crippen molar-refractivity contribution in [3.63, 3.8) is 0 Å². The van der Waals surface area contributed by atoms with E-state index in [2.05, 4.69) is 60.2 Å². The standard InChI is InChI=1S/C20H18N2/c1-11-9-13(3)21-17-7-6-16-15(19(11)17)5-8-18-20(16)12(2)10-14(4)22-18/h5-10H,1-4H3. The van der Waals surface area contributed by atoms with Crippen LogP contribution < -0.4 is 0 Å². The smallest absolute Gasteiger partial charge is 0.0714 e. The van der Waals surface area contributed by atoms with Gasteiger partial charge in [0.25, 0.3) is 0 Å². The fraction of sp³-hybridized carbons (Fsp3) is 0.200. The van der Waals surface area contributed by atoms with Crippen LogP contribution in [0.2, 0.25) is 0 Å².